The van der Waals surface area contributed by atoms with Gasteiger partial charge in [0.25, 0.3) is 5.69 Å². The number of nitro benzene ring substituents is 1. The van der Waals surface area contributed by atoms with Gasteiger partial charge in [-0.15, -0.1) is 0 Å². The summed E-state index contributed by atoms with van der Waals surface area (Å²) in [6, 6.07) is 6.40. The Morgan fingerprint density at radius 2 is 1.42 bits per heavy atom. The minimum atomic E-state index is -0.392. The largest absolute Gasteiger partial charge is 0.493 e. The van der Waals surface area contributed by atoms with Crippen LogP contribution in [0.2, 0.25) is 0 Å². The van der Waals surface area contributed by atoms with E-state index in [0.29, 0.717) is 12.4 Å². The zero-order valence-electron chi connectivity index (χ0n) is 15.2. The summed E-state index contributed by atoms with van der Waals surface area (Å²) < 4.78 is 5.58. The van der Waals surface area contributed by atoms with E-state index in [1.165, 1.54) is 82.8 Å². The van der Waals surface area contributed by atoms with E-state index in [4.69, 9.17) is 4.74 Å². The first kappa shape index (κ1) is 20.5. The Morgan fingerprint density at radius 1 is 0.875 bits per heavy atom. The monoisotopic (exact) mass is 335 g/mol. The fourth-order valence-electron chi connectivity index (χ4n) is 2.82. The van der Waals surface area contributed by atoms with Crippen molar-refractivity contribution in [2.75, 3.05) is 6.61 Å². The van der Waals surface area contributed by atoms with Gasteiger partial charge in [0, 0.05) is 6.07 Å². The molecule has 0 bridgehead atoms. The first-order chi connectivity index (χ1) is 11.7. The van der Waals surface area contributed by atoms with Crippen molar-refractivity contribution in [3.8, 4) is 5.75 Å². The summed E-state index contributed by atoms with van der Waals surface area (Å²) in [5, 5.41) is 10.7. The SMILES string of the molecule is CCCCCCCCCCCCCCOc1cccc([N+](=O)[O-])c1. The number of hydrogen-bond donors (Lipinski definition) is 0. The number of nitrogens with zero attached hydrogens (tertiary/aromatic N) is 1. The summed E-state index contributed by atoms with van der Waals surface area (Å²) in [5.41, 5.74) is 0.0854. The van der Waals surface area contributed by atoms with Gasteiger partial charge in [0.2, 0.25) is 0 Å². The molecule has 4 nitrogen and oxygen atoms in total. The van der Waals surface area contributed by atoms with E-state index in [9.17, 15) is 10.1 Å². The molecule has 0 aliphatic rings. The third kappa shape index (κ3) is 10.2. The second kappa shape index (κ2) is 13.8. The molecule has 0 heterocycles. The summed E-state index contributed by atoms with van der Waals surface area (Å²) >= 11 is 0. The van der Waals surface area contributed by atoms with Gasteiger partial charge < -0.3 is 4.74 Å². The van der Waals surface area contributed by atoms with Gasteiger partial charge in [-0.1, -0.05) is 83.6 Å². The van der Waals surface area contributed by atoms with Crippen molar-refractivity contribution in [3.05, 3.63) is 34.4 Å². The molecule has 1 rings (SSSR count). The molecule has 1 aromatic carbocycles. The maximum atomic E-state index is 10.7. The number of nitro groups is 1. The molecule has 0 unspecified atom stereocenters. The second-order valence-electron chi connectivity index (χ2n) is 6.49. The lowest BCUT2D eigenvalue weighted by Crippen LogP contribution is -1.98. The number of non-ortho nitro benzene ring substituents is 1. The highest BCUT2D eigenvalue weighted by atomic mass is 16.6. The highest BCUT2D eigenvalue weighted by molar-refractivity contribution is 5.37. The van der Waals surface area contributed by atoms with Crippen molar-refractivity contribution in [2.24, 2.45) is 0 Å². The van der Waals surface area contributed by atoms with Crippen molar-refractivity contribution in [2.45, 2.75) is 84.0 Å². The number of ether oxygens (including phenoxy) is 1. The highest BCUT2D eigenvalue weighted by Gasteiger charge is 2.05. The molecule has 0 aliphatic carbocycles. The number of benzene rings is 1. The highest BCUT2D eigenvalue weighted by Crippen LogP contribution is 2.19. The quantitative estimate of drug-likeness (QED) is 0.204. The zero-order valence-corrected chi connectivity index (χ0v) is 15.2. The van der Waals surface area contributed by atoms with Gasteiger partial charge in [-0.2, -0.15) is 0 Å². The van der Waals surface area contributed by atoms with Crippen LogP contribution in [0, 0.1) is 10.1 Å². The molecule has 0 aliphatic heterocycles. The van der Waals surface area contributed by atoms with Gasteiger partial charge >= 0.3 is 0 Å². The van der Waals surface area contributed by atoms with Gasteiger partial charge in [-0.3, -0.25) is 10.1 Å². The molecule has 0 N–H and O–H groups in total. The van der Waals surface area contributed by atoms with Gasteiger partial charge in [0.1, 0.15) is 5.75 Å². The van der Waals surface area contributed by atoms with Crippen molar-refractivity contribution < 1.29 is 9.66 Å². The summed E-state index contributed by atoms with van der Waals surface area (Å²) in [6.07, 6.45) is 15.8. The average molecular weight is 335 g/mol. The van der Waals surface area contributed by atoms with Crippen LogP contribution in [0.25, 0.3) is 0 Å². The van der Waals surface area contributed by atoms with Crippen molar-refractivity contribution in [1.29, 1.82) is 0 Å². The molecule has 4 heteroatoms. The maximum absolute atomic E-state index is 10.7. The zero-order chi connectivity index (χ0) is 17.5. The van der Waals surface area contributed by atoms with Crippen LogP contribution in [0.4, 0.5) is 5.69 Å². The van der Waals surface area contributed by atoms with E-state index in [1.54, 1.807) is 12.1 Å². The van der Waals surface area contributed by atoms with Crippen molar-refractivity contribution in [1.82, 2.24) is 0 Å². The summed E-state index contributed by atoms with van der Waals surface area (Å²) in [4.78, 5) is 10.3. The van der Waals surface area contributed by atoms with E-state index in [0.717, 1.165) is 6.42 Å². The van der Waals surface area contributed by atoms with Crippen LogP contribution < -0.4 is 4.74 Å². The Bertz CT molecular complexity index is 448. The van der Waals surface area contributed by atoms with E-state index in [1.807, 2.05) is 0 Å². The predicted octanol–water partition coefficient (Wildman–Crippen LogP) is 6.67. The van der Waals surface area contributed by atoms with Gasteiger partial charge in [-0.05, 0) is 12.5 Å². The van der Waals surface area contributed by atoms with Crippen LogP contribution in [0.15, 0.2) is 24.3 Å². The molecule has 0 atom stereocenters. The first-order valence-electron chi connectivity index (χ1n) is 9.61. The minimum absolute atomic E-state index is 0.0854. The molecule has 136 valence electrons. The van der Waals surface area contributed by atoms with Gasteiger partial charge in [0.05, 0.1) is 17.6 Å². The van der Waals surface area contributed by atoms with E-state index in [2.05, 4.69) is 6.92 Å². The fourth-order valence-corrected chi connectivity index (χ4v) is 2.82. The van der Waals surface area contributed by atoms with Crippen LogP contribution in [-0.2, 0) is 0 Å². The Labute approximate surface area is 146 Å². The van der Waals surface area contributed by atoms with E-state index >= 15 is 0 Å². The topological polar surface area (TPSA) is 52.4 Å². The predicted molar refractivity (Wildman–Crippen MR) is 99.7 cm³/mol. The van der Waals surface area contributed by atoms with Crippen molar-refractivity contribution >= 4 is 5.69 Å². The second-order valence-corrected chi connectivity index (χ2v) is 6.49. The molecule has 0 radical (unpaired) electrons. The molecule has 0 aromatic heterocycles. The summed E-state index contributed by atoms with van der Waals surface area (Å²) in [6.45, 7) is 2.90. The summed E-state index contributed by atoms with van der Waals surface area (Å²) in [5.74, 6) is 0.590. The minimum Gasteiger partial charge on any atom is -0.493 e. The molecule has 24 heavy (non-hydrogen) atoms. The van der Waals surface area contributed by atoms with Gasteiger partial charge in [0.15, 0.2) is 0 Å². The fraction of sp³-hybridized carbons (Fsp3) is 0.700. The van der Waals surface area contributed by atoms with Crippen LogP contribution in [0.3, 0.4) is 0 Å². The number of rotatable bonds is 15. The van der Waals surface area contributed by atoms with Crippen LogP contribution in [-0.4, -0.2) is 11.5 Å². The molecular weight excluding hydrogens is 302 g/mol. The Morgan fingerprint density at radius 3 is 1.96 bits per heavy atom. The third-order valence-corrected chi connectivity index (χ3v) is 4.30. The Hall–Kier alpha value is -1.58. The maximum Gasteiger partial charge on any atom is 0.273 e. The van der Waals surface area contributed by atoms with Crippen molar-refractivity contribution in [3.63, 3.8) is 0 Å². The Kier molecular flexibility index (Phi) is 11.8. The lowest BCUT2D eigenvalue weighted by molar-refractivity contribution is -0.384. The lowest BCUT2D eigenvalue weighted by Gasteiger charge is -2.06. The van der Waals surface area contributed by atoms with E-state index in [-0.39, 0.29) is 5.69 Å². The molecule has 0 fully saturated rings. The summed E-state index contributed by atoms with van der Waals surface area (Å²) in [7, 11) is 0. The molecule has 0 amide bonds. The first-order valence-corrected chi connectivity index (χ1v) is 9.61. The third-order valence-electron chi connectivity index (χ3n) is 4.30. The molecule has 1 aromatic rings. The lowest BCUT2D eigenvalue weighted by atomic mass is 10.1. The average Bonchev–Trinajstić information content (AvgIpc) is 2.59. The van der Waals surface area contributed by atoms with Crippen LogP contribution >= 0.6 is 0 Å². The van der Waals surface area contributed by atoms with E-state index < -0.39 is 4.92 Å². The molecular formula is C20H33NO3. The standard InChI is InChI=1S/C20H33NO3/c1-2-3-4-5-6-7-8-9-10-11-12-13-17-24-20-16-14-15-19(18-20)21(22)23/h14-16,18H,2-13,17H2,1H3. The smallest absolute Gasteiger partial charge is 0.273 e. The van der Waals surface area contributed by atoms with Crippen LogP contribution in [0.5, 0.6) is 5.75 Å². The molecule has 0 saturated heterocycles. The van der Waals surface area contributed by atoms with Crippen LogP contribution in [0.1, 0.15) is 84.0 Å². The number of unbranched alkanes of at least 4 members (excludes halogenated alkanes) is 11. The molecule has 0 spiro atoms. The van der Waals surface area contributed by atoms with Gasteiger partial charge in [-0.25, -0.2) is 0 Å². The Balaban J connectivity index is 1.90. The molecule has 0 saturated carbocycles. The number of hydrogen-bond acceptors (Lipinski definition) is 3. The normalized spacial score (nSPS) is 10.7.